The molecule has 1 rings (SSSR count). The minimum atomic E-state index is 0.175. The molecule has 0 saturated heterocycles. The minimum absolute atomic E-state index is 0.175. The predicted molar refractivity (Wildman–Crippen MR) is 88.9 cm³/mol. The van der Waals surface area contributed by atoms with Crippen molar-refractivity contribution in [1.82, 2.24) is 5.32 Å². The van der Waals surface area contributed by atoms with Gasteiger partial charge in [0.1, 0.15) is 0 Å². The van der Waals surface area contributed by atoms with E-state index in [9.17, 15) is 0 Å². The summed E-state index contributed by atoms with van der Waals surface area (Å²) in [5, 5.41) is 3.69. The van der Waals surface area contributed by atoms with Gasteiger partial charge in [-0.15, -0.1) is 12.3 Å². The van der Waals surface area contributed by atoms with Crippen LogP contribution in [0.15, 0.2) is 24.3 Å². The predicted octanol–water partition coefficient (Wildman–Crippen LogP) is 4.83. The van der Waals surface area contributed by atoms with Gasteiger partial charge in [0, 0.05) is 12.5 Å². The molecule has 0 aliphatic heterocycles. The SMILES string of the molecule is C#CCCCC(NCCC)c1ccccc1C(C)(C)C. The molecule has 1 unspecified atom stereocenters. The lowest BCUT2D eigenvalue weighted by atomic mass is 9.81. The van der Waals surface area contributed by atoms with E-state index in [-0.39, 0.29) is 5.41 Å². The van der Waals surface area contributed by atoms with Gasteiger partial charge >= 0.3 is 0 Å². The van der Waals surface area contributed by atoms with E-state index in [0.29, 0.717) is 6.04 Å². The summed E-state index contributed by atoms with van der Waals surface area (Å²) in [6, 6.07) is 9.23. The molecule has 0 bridgehead atoms. The van der Waals surface area contributed by atoms with Crippen molar-refractivity contribution >= 4 is 0 Å². The highest BCUT2D eigenvalue weighted by Gasteiger charge is 2.21. The molecule has 0 radical (unpaired) electrons. The smallest absolute Gasteiger partial charge is 0.0323 e. The van der Waals surface area contributed by atoms with Crippen LogP contribution < -0.4 is 5.32 Å². The van der Waals surface area contributed by atoms with E-state index in [1.54, 1.807) is 0 Å². The van der Waals surface area contributed by atoms with Gasteiger partial charge in [0.15, 0.2) is 0 Å². The lowest BCUT2D eigenvalue weighted by molar-refractivity contribution is 0.472. The molecule has 1 N–H and O–H groups in total. The molecule has 0 aliphatic rings. The normalized spacial score (nSPS) is 12.9. The fraction of sp³-hybridized carbons (Fsp3) is 0.579. The summed E-state index contributed by atoms with van der Waals surface area (Å²) in [7, 11) is 0. The van der Waals surface area contributed by atoms with Crippen molar-refractivity contribution in [3.63, 3.8) is 0 Å². The Balaban J connectivity index is 2.97. The molecule has 0 aliphatic carbocycles. The molecule has 1 aromatic rings. The topological polar surface area (TPSA) is 12.0 Å². The molecule has 0 amide bonds. The number of terminal acetylenes is 1. The molecule has 1 heteroatoms. The number of hydrogen-bond acceptors (Lipinski definition) is 1. The van der Waals surface area contributed by atoms with Crippen LogP contribution in [0.1, 0.15) is 70.5 Å². The van der Waals surface area contributed by atoms with Crippen molar-refractivity contribution in [2.75, 3.05) is 6.54 Å². The number of unbranched alkanes of at least 4 members (excludes halogenated alkanes) is 1. The maximum atomic E-state index is 5.38. The van der Waals surface area contributed by atoms with Gasteiger partial charge in [0.25, 0.3) is 0 Å². The summed E-state index contributed by atoms with van der Waals surface area (Å²) in [4.78, 5) is 0. The molecule has 1 atom stereocenters. The standard InChI is InChI=1S/C19H29N/c1-6-8-9-14-18(20-15-7-2)16-12-10-11-13-17(16)19(3,4)5/h1,10-13,18,20H,7-9,14-15H2,2-5H3. The van der Waals surface area contributed by atoms with Gasteiger partial charge in [-0.05, 0) is 42.3 Å². The lowest BCUT2D eigenvalue weighted by Gasteiger charge is -2.28. The number of rotatable bonds is 7. The first-order chi connectivity index (χ1) is 9.50. The van der Waals surface area contributed by atoms with Crippen molar-refractivity contribution in [3.8, 4) is 12.3 Å². The first kappa shape index (κ1) is 16.8. The van der Waals surface area contributed by atoms with Gasteiger partial charge in [-0.2, -0.15) is 0 Å². The Labute approximate surface area is 125 Å². The molecule has 110 valence electrons. The highest BCUT2D eigenvalue weighted by Crippen LogP contribution is 2.31. The first-order valence-electron chi connectivity index (χ1n) is 7.77. The van der Waals surface area contributed by atoms with Crippen molar-refractivity contribution < 1.29 is 0 Å². The summed E-state index contributed by atoms with van der Waals surface area (Å²) in [6.07, 6.45) is 9.59. The highest BCUT2D eigenvalue weighted by molar-refractivity contribution is 5.35. The quantitative estimate of drug-likeness (QED) is 0.553. The summed E-state index contributed by atoms with van der Waals surface area (Å²) < 4.78 is 0. The summed E-state index contributed by atoms with van der Waals surface area (Å²) in [5.74, 6) is 2.75. The zero-order valence-corrected chi connectivity index (χ0v) is 13.5. The number of benzene rings is 1. The minimum Gasteiger partial charge on any atom is -0.310 e. The lowest BCUT2D eigenvalue weighted by Crippen LogP contribution is -2.26. The Morgan fingerprint density at radius 2 is 1.95 bits per heavy atom. The fourth-order valence-electron chi connectivity index (χ4n) is 2.58. The molecule has 0 aromatic heterocycles. The van der Waals surface area contributed by atoms with Gasteiger partial charge in [-0.1, -0.05) is 52.0 Å². The van der Waals surface area contributed by atoms with Crippen LogP contribution in [0.25, 0.3) is 0 Å². The Morgan fingerprint density at radius 3 is 2.55 bits per heavy atom. The van der Waals surface area contributed by atoms with Crippen LogP contribution in [0.5, 0.6) is 0 Å². The summed E-state index contributed by atoms with van der Waals surface area (Å²) >= 11 is 0. The zero-order chi connectivity index (χ0) is 15.0. The maximum Gasteiger partial charge on any atom is 0.0323 e. The van der Waals surface area contributed by atoms with Crippen molar-refractivity contribution in [3.05, 3.63) is 35.4 Å². The van der Waals surface area contributed by atoms with Crippen LogP contribution in [0.4, 0.5) is 0 Å². The van der Waals surface area contributed by atoms with Crippen molar-refractivity contribution in [1.29, 1.82) is 0 Å². The second kappa shape index (κ2) is 8.12. The van der Waals surface area contributed by atoms with E-state index in [0.717, 1.165) is 32.2 Å². The van der Waals surface area contributed by atoms with Gasteiger partial charge in [0.2, 0.25) is 0 Å². The monoisotopic (exact) mass is 271 g/mol. The van der Waals surface area contributed by atoms with Crippen LogP contribution in [-0.4, -0.2) is 6.54 Å². The number of hydrogen-bond donors (Lipinski definition) is 1. The van der Waals surface area contributed by atoms with E-state index >= 15 is 0 Å². The van der Waals surface area contributed by atoms with E-state index in [4.69, 9.17) is 6.42 Å². The third kappa shape index (κ3) is 5.02. The third-order valence-electron chi connectivity index (χ3n) is 3.60. The average molecular weight is 271 g/mol. The molecule has 1 aromatic carbocycles. The van der Waals surface area contributed by atoms with Crippen LogP contribution in [-0.2, 0) is 5.41 Å². The Kier molecular flexibility index (Phi) is 6.82. The second-order valence-corrected chi connectivity index (χ2v) is 6.44. The van der Waals surface area contributed by atoms with Gasteiger partial charge in [0.05, 0.1) is 0 Å². The van der Waals surface area contributed by atoms with Gasteiger partial charge in [-0.25, -0.2) is 0 Å². The van der Waals surface area contributed by atoms with Crippen LogP contribution >= 0.6 is 0 Å². The van der Waals surface area contributed by atoms with E-state index in [1.165, 1.54) is 11.1 Å². The average Bonchev–Trinajstić information content (AvgIpc) is 2.42. The molecular weight excluding hydrogens is 242 g/mol. The molecule has 0 saturated carbocycles. The van der Waals surface area contributed by atoms with Gasteiger partial charge < -0.3 is 5.32 Å². The number of nitrogens with one attached hydrogen (secondary N) is 1. The second-order valence-electron chi connectivity index (χ2n) is 6.44. The Morgan fingerprint density at radius 1 is 1.25 bits per heavy atom. The van der Waals surface area contributed by atoms with Crippen LogP contribution in [0.2, 0.25) is 0 Å². The van der Waals surface area contributed by atoms with E-state index < -0.39 is 0 Å². The molecule has 1 nitrogen and oxygen atoms in total. The van der Waals surface area contributed by atoms with E-state index in [1.807, 2.05) is 0 Å². The van der Waals surface area contributed by atoms with Crippen LogP contribution in [0.3, 0.4) is 0 Å². The largest absolute Gasteiger partial charge is 0.310 e. The summed E-state index contributed by atoms with van der Waals surface area (Å²) in [5.41, 5.74) is 3.05. The molecule has 0 spiro atoms. The fourth-order valence-corrected chi connectivity index (χ4v) is 2.58. The third-order valence-corrected chi connectivity index (χ3v) is 3.60. The van der Waals surface area contributed by atoms with Crippen LogP contribution in [0, 0.1) is 12.3 Å². The maximum absolute atomic E-state index is 5.38. The van der Waals surface area contributed by atoms with Crippen molar-refractivity contribution in [2.24, 2.45) is 0 Å². The molecule has 0 fully saturated rings. The van der Waals surface area contributed by atoms with Crippen molar-refractivity contribution in [2.45, 2.75) is 64.8 Å². The molecule has 0 heterocycles. The zero-order valence-electron chi connectivity index (χ0n) is 13.5. The Bertz CT molecular complexity index is 434. The summed E-state index contributed by atoms with van der Waals surface area (Å²) in [6.45, 7) is 10.1. The van der Waals surface area contributed by atoms with E-state index in [2.05, 4.69) is 63.2 Å². The van der Waals surface area contributed by atoms with Gasteiger partial charge in [-0.3, -0.25) is 0 Å². The first-order valence-corrected chi connectivity index (χ1v) is 7.77. The molecular formula is C19H29N. The highest BCUT2D eigenvalue weighted by atomic mass is 14.9. The Hall–Kier alpha value is -1.26. The molecule has 20 heavy (non-hydrogen) atoms.